The van der Waals surface area contributed by atoms with Crippen LogP contribution in [0.15, 0.2) is 78.9 Å². The van der Waals surface area contributed by atoms with Crippen molar-refractivity contribution in [2.45, 2.75) is 38.3 Å². The number of aliphatic carboxylic acids is 2. The van der Waals surface area contributed by atoms with Crippen LogP contribution in [-0.2, 0) is 29.0 Å². The summed E-state index contributed by atoms with van der Waals surface area (Å²) in [6.07, 6.45) is 2.71. The molecular formula is C36H50Cl4N4O4. The minimum atomic E-state index is -1.08. The lowest BCUT2D eigenvalue weighted by Gasteiger charge is -2.55. The van der Waals surface area contributed by atoms with E-state index >= 15 is 0 Å². The number of benzene rings is 3. The van der Waals surface area contributed by atoms with Crippen molar-refractivity contribution < 1.29 is 89.9 Å². The second-order valence-corrected chi connectivity index (χ2v) is 13.4. The maximum Gasteiger partial charge on any atom is 0.307 e. The first-order valence-electron chi connectivity index (χ1n) is 16.2. The summed E-state index contributed by atoms with van der Waals surface area (Å²) >= 11 is 0. The van der Waals surface area contributed by atoms with Gasteiger partial charge in [0.2, 0.25) is 0 Å². The van der Waals surface area contributed by atoms with Crippen molar-refractivity contribution in [3.63, 3.8) is 0 Å². The summed E-state index contributed by atoms with van der Waals surface area (Å²) in [5.74, 6) is -4.18. The van der Waals surface area contributed by atoms with Crippen molar-refractivity contribution in [1.29, 1.82) is 0 Å². The van der Waals surface area contributed by atoms with Crippen LogP contribution in [0.3, 0.4) is 0 Å². The Kier molecular flexibility index (Phi) is 17.9. The summed E-state index contributed by atoms with van der Waals surface area (Å²) in [5.41, 5.74) is 13.6. The van der Waals surface area contributed by atoms with E-state index in [2.05, 4.69) is 35.7 Å². The van der Waals surface area contributed by atoms with Crippen molar-refractivity contribution >= 4 is 11.9 Å². The molecule has 3 heterocycles. The van der Waals surface area contributed by atoms with Crippen LogP contribution in [0.1, 0.15) is 29.5 Å². The number of hydrogen-bond donors (Lipinski definition) is 4. The van der Waals surface area contributed by atoms with Gasteiger partial charge in [-0.25, -0.2) is 0 Å². The van der Waals surface area contributed by atoms with E-state index < -0.39 is 23.8 Å². The molecular weight excluding hydrogens is 694 g/mol. The molecule has 12 heteroatoms. The fourth-order valence-corrected chi connectivity index (χ4v) is 7.35. The van der Waals surface area contributed by atoms with Gasteiger partial charge in [0.05, 0.1) is 31.0 Å². The molecule has 266 valence electrons. The number of quaternary nitrogens is 4. The molecule has 8 N–H and O–H groups in total. The average Bonchev–Trinajstić information content (AvgIpc) is 3.04. The van der Waals surface area contributed by atoms with Crippen molar-refractivity contribution in [3.05, 3.63) is 95.6 Å². The normalized spacial score (nSPS) is 21.2. The van der Waals surface area contributed by atoms with Crippen molar-refractivity contribution in [2.24, 2.45) is 11.8 Å². The van der Waals surface area contributed by atoms with Gasteiger partial charge in [-0.15, -0.1) is 0 Å². The molecule has 6 rings (SSSR count). The van der Waals surface area contributed by atoms with Crippen LogP contribution in [0, 0.1) is 11.8 Å². The summed E-state index contributed by atoms with van der Waals surface area (Å²) in [7, 11) is 0. The second-order valence-electron chi connectivity index (χ2n) is 13.4. The third-order valence-corrected chi connectivity index (χ3v) is 10.4. The molecule has 3 aromatic carbocycles. The van der Waals surface area contributed by atoms with Crippen LogP contribution in [0.4, 0.5) is 0 Å². The third kappa shape index (κ3) is 11.1. The Morgan fingerprint density at radius 2 is 1.02 bits per heavy atom. The van der Waals surface area contributed by atoms with Gasteiger partial charge in [0, 0.05) is 18.4 Å². The van der Waals surface area contributed by atoms with Gasteiger partial charge < -0.3 is 80.3 Å². The fraction of sp³-hybridized carbons (Fsp3) is 0.444. The molecule has 3 atom stereocenters. The number of carboxylic acid groups (broad SMARTS) is 2. The first kappa shape index (κ1) is 43.6. The quantitative estimate of drug-likeness (QED) is 0.115. The lowest BCUT2D eigenvalue weighted by Crippen LogP contribution is -3.00. The highest BCUT2D eigenvalue weighted by molar-refractivity contribution is 5.80. The predicted octanol–water partition coefficient (Wildman–Crippen LogP) is -9.65. The Labute approximate surface area is 309 Å². The molecule has 3 fully saturated rings. The molecule has 3 aliphatic rings. The van der Waals surface area contributed by atoms with E-state index in [0.29, 0.717) is 6.04 Å². The van der Waals surface area contributed by atoms with Crippen LogP contribution in [0.25, 0.3) is 11.1 Å². The molecule has 0 aromatic heterocycles. The number of hydrogen-bond acceptors (Lipinski definition) is 2. The summed E-state index contributed by atoms with van der Waals surface area (Å²) < 4.78 is 2.49. The minimum Gasteiger partial charge on any atom is -1.00 e. The maximum absolute atomic E-state index is 12.2. The van der Waals surface area contributed by atoms with Crippen LogP contribution < -0.4 is 61.1 Å². The summed E-state index contributed by atoms with van der Waals surface area (Å²) in [4.78, 5) is 24.3. The largest absolute Gasteiger partial charge is 1.00 e. The number of rotatable bonds is 15. The van der Waals surface area contributed by atoms with E-state index in [9.17, 15) is 19.8 Å². The molecule has 48 heavy (non-hydrogen) atoms. The number of fused-ring (bicyclic) bond motifs is 3. The molecule has 8 nitrogen and oxygen atoms in total. The van der Waals surface area contributed by atoms with Gasteiger partial charge in [0.25, 0.3) is 0 Å². The SMILES string of the molecule is [Cl-].[Cl-].[Cl-].[Cl-].[NH3+]CCC([NH3+])CC[N+]12CC[N+](Cc3ccc(-c4ccc(C[C@H](C(=O)O)[C@H](Cc5ccccc5)C(=O)O)cc4)cc3)(CC1)CC2. The molecule has 2 bridgehead atoms. The van der Waals surface area contributed by atoms with Gasteiger partial charge in [-0.05, 0) is 35.1 Å². The first-order valence-corrected chi connectivity index (χ1v) is 16.2. The number of piperazine rings is 3. The number of carbonyl (C=O) groups is 2. The van der Waals surface area contributed by atoms with Crippen molar-refractivity contribution in [2.75, 3.05) is 52.4 Å². The molecule has 0 spiro atoms. The molecule has 0 saturated carbocycles. The zero-order chi connectivity index (χ0) is 31.2. The average molecular weight is 745 g/mol. The van der Waals surface area contributed by atoms with Gasteiger partial charge in [0.15, 0.2) is 0 Å². The Balaban J connectivity index is 0.00000288. The van der Waals surface area contributed by atoms with Crippen LogP contribution in [0.2, 0.25) is 0 Å². The van der Waals surface area contributed by atoms with Gasteiger partial charge in [-0.3, -0.25) is 9.59 Å². The number of nitrogens with zero attached hydrogens (tertiary/aromatic N) is 2. The molecule has 3 aliphatic heterocycles. The first-order chi connectivity index (χ1) is 21.2. The minimum absolute atomic E-state index is 0. The topological polar surface area (TPSA) is 130 Å². The van der Waals surface area contributed by atoms with E-state index in [4.69, 9.17) is 0 Å². The Morgan fingerprint density at radius 1 is 0.604 bits per heavy atom. The summed E-state index contributed by atoms with van der Waals surface area (Å²) in [6.45, 7) is 11.0. The Morgan fingerprint density at radius 3 is 1.46 bits per heavy atom. The molecule has 3 aromatic rings. The van der Waals surface area contributed by atoms with E-state index in [1.165, 1.54) is 66.8 Å². The summed E-state index contributed by atoms with van der Waals surface area (Å²) in [6, 6.07) is 26.6. The van der Waals surface area contributed by atoms with Crippen LogP contribution in [0.5, 0.6) is 0 Å². The van der Waals surface area contributed by atoms with Gasteiger partial charge in [-0.2, -0.15) is 0 Å². The lowest BCUT2D eigenvalue weighted by atomic mass is 9.82. The van der Waals surface area contributed by atoms with Crippen molar-refractivity contribution in [3.8, 4) is 11.1 Å². The standard InChI is InChI=1S/C36H46N4O4.4ClH/c37-16-14-32(38)15-17-39-18-21-40(22-19-39,23-20-39)26-29-8-12-31(13-9-29)30-10-6-28(7-11-30)25-34(36(43)44)33(35(41)42)24-27-4-2-1-3-5-27;;;;/h1-13,32-34H,14-26,37-38H2;4*1H/t32?,33-,34-,39?,40?;;;;/m0..../s1. The molecule has 0 radical (unpaired) electrons. The van der Waals surface area contributed by atoms with Gasteiger partial charge >= 0.3 is 11.9 Å². The molecule has 0 aliphatic carbocycles. The Hall–Kier alpha value is -2.40. The lowest BCUT2D eigenvalue weighted by molar-refractivity contribution is -1.09. The van der Waals surface area contributed by atoms with E-state index in [0.717, 1.165) is 41.8 Å². The molecule has 0 amide bonds. The summed E-state index contributed by atoms with van der Waals surface area (Å²) in [5, 5.41) is 19.8. The highest BCUT2D eigenvalue weighted by Crippen LogP contribution is 2.31. The van der Waals surface area contributed by atoms with E-state index in [1.54, 1.807) is 0 Å². The monoisotopic (exact) mass is 742 g/mol. The van der Waals surface area contributed by atoms with Gasteiger partial charge in [-0.1, -0.05) is 78.9 Å². The van der Waals surface area contributed by atoms with E-state index in [1.807, 2.05) is 54.6 Å². The maximum atomic E-state index is 12.2. The number of carboxylic acids is 2. The van der Waals surface area contributed by atoms with Gasteiger partial charge in [0.1, 0.15) is 45.8 Å². The molecule has 3 saturated heterocycles. The second kappa shape index (κ2) is 19.7. The third-order valence-electron chi connectivity index (χ3n) is 10.4. The van der Waals surface area contributed by atoms with Crippen LogP contribution in [-0.4, -0.2) is 89.5 Å². The fourth-order valence-electron chi connectivity index (χ4n) is 7.35. The van der Waals surface area contributed by atoms with Crippen LogP contribution >= 0.6 is 0 Å². The van der Waals surface area contributed by atoms with Crippen molar-refractivity contribution in [1.82, 2.24) is 0 Å². The zero-order valence-corrected chi connectivity index (χ0v) is 30.5. The highest BCUT2D eigenvalue weighted by Gasteiger charge is 2.48. The molecule has 1 unspecified atom stereocenters. The zero-order valence-electron chi connectivity index (χ0n) is 27.5. The highest BCUT2D eigenvalue weighted by atomic mass is 35.5. The smallest absolute Gasteiger partial charge is 0.307 e. The Bertz CT molecular complexity index is 1390. The van der Waals surface area contributed by atoms with E-state index in [-0.39, 0.29) is 62.5 Å². The number of halogens is 4. The predicted molar refractivity (Wildman–Crippen MR) is 170 cm³/mol.